The number of amides is 1. The smallest absolute Gasteiger partial charge is 0.274 e. The van der Waals surface area contributed by atoms with Crippen LogP contribution in [0.5, 0.6) is 0 Å². The summed E-state index contributed by atoms with van der Waals surface area (Å²) in [6.45, 7) is 1.27. The van der Waals surface area contributed by atoms with Crippen LogP contribution >= 0.6 is 0 Å². The Labute approximate surface area is 121 Å². The highest BCUT2D eigenvalue weighted by atomic mass is 16.2. The number of aromatic nitrogens is 5. The van der Waals surface area contributed by atoms with Crippen LogP contribution in [-0.4, -0.2) is 48.4 Å². The van der Waals surface area contributed by atoms with Gasteiger partial charge in [-0.2, -0.15) is 10.2 Å². The maximum atomic E-state index is 12.5. The predicted molar refractivity (Wildman–Crippen MR) is 73.7 cm³/mol. The molecular formula is C13H16N6O2. The van der Waals surface area contributed by atoms with E-state index in [4.69, 9.17) is 0 Å². The fraction of sp³-hybridized carbons (Fsp3) is 0.462. The number of piperidine rings is 1. The van der Waals surface area contributed by atoms with Crippen molar-refractivity contribution in [1.82, 2.24) is 29.4 Å². The monoisotopic (exact) mass is 288 g/mol. The molecule has 0 N–H and O–H groups in total. The van der Waals surface area contributed by atoms with Crippen molar-refractivity contribution >= 4 is 5.91 Å². The first kappa shape index (κ1) is 13.5. The lowest BCUT2D eigenvalue weighted by Crippen LogP contribution is -2.41. The van der Waals surface area contributed by atoms with Crippen LogP contribution in [0.15, 0.2) is 29.6 Å². The first-order valence-corrected chi connectivity index (χ1v) is 6.83. The van der Waals surface area contributed by atoms with Crippen LogP contribution in [-0.2, 0) is 7.05 Å². The molecule has 110 valence electrons. The Kier molecular flexibility index (Phi) is 3.51. The van der Waals surface area contributed by atoms with Gasteiger partial charge in [0.05, 0.1) is 6.04 Å². The molecule has 1 amide bonds. The summed E-state index contributed by atoms with van der Waals surface area (Å²) in [4.78, 5) is 29.5. The van der Waals surface area contributed by atoms with E-state index in [9.17, 15) is 9.59 Å². The lowest BCUT2D eigenvalue weighted by molar-refractivity contribution is 0.0664. The minimum absolute atomic E-state index is 0.137. The lowest BCUT2D eigenvalue weighted by Gasteiger charge is -2.32. The fourth-order valence-electron chi connectivity index (χ4n) is 2.54. The Morgan fingerprint density at radius 2 is 2.24 bits per heavy atom. The number of aryl methyl sites for hydroxylation is 1. The third kappa shape index (κ3) is 2.69. The quantitative estimate of drug-likeness (QED) is 0.767. The van der Waals surface area contributed by atoms with Gasteiger partial charge >= 0.3 is 0 Å². The second-order valence-electron chi connectivity index (χ2n) is 5.10. The average Bonchev–Trinajstić information content (AvgIpc) is 3.04. The molecule has 8 nitrogen and oxygen atoms in total. The molecule has 0 radical (unpaired) electrons. The summed E-state index contributed by atoms with van der Waals surface area (Å²) < 4.78 is 2.96. The van der Waals surface area contributed by atoms with Gasteiger partial charge in [-0.05, 0) is 18.9 Å². The van der Waals surface area contributed by atoms with Gasteiger partial charge in [0.1, 0.15) is 18.3 Å². The SMILES string of the molecule is Cn1nc(C(=O)N2CCC[C@@H](n3cncn3)C2)ccc1=O. The molecule has 1 aliphatic heterocycles. The fourth-order valence-corrected chi connectivity index (χ4v) is 2.54. The van der Waals surface area contributed by atoms with Gasteiger partial charge in [0.15, 0.2) is 0 Å². The van der Waals surface area contributed by atoms with Gasteiger partial charge in [0, 0.05) is 26.2 Å². The molecule has 0 saturated carbocycles. The zero-order valence-electron chi connectivity index (χ0n) is 11.7. The van der Waals surface area contributed by atoms with Gasteiger partial charge in [0.25, 0.3) is 11.5 Å². The van der Waals surface area contributed by atoms with E-state index < -0.39 is 0 Å². The van der Waals surface area contributed by atoms with E-state index in [0.29, 0.717) is 13.1 Å². The van der Waals surface area contributed by atoms with E-state index in [-0.39, 0.29) is 23.2 Å². The minimum atomic E-state index is -0.231. The Morgan fingerprint density at radius 1 is 1.38 bits per heavy atom. The molecule has 2 aromatic rings. The third-order valence-corrected chi connectivity index (χ3v) is 3.67. The summed E-state index contributed by atoms with van der Waals surface area (Å²) in [5, 5.41) is 8.15. The summed E-state index contributed by atoms with van der Waals surface area (Å²) in [6, 6.07) is 2.97. The standard InChI is InChI=1S/C13H16N6O2/c1-17-12(20)5-4-11(16-17)13(21)18-6-2-3-10(7-18)19-9-14-8-15-19/h4-5,8-10H,2-3,6-7H2,1H3/t10-/m1/s1. The molecule has 3 rings (SSSR count). The van der Waals surface area contributed by atoms with Crippen LogP contribution in [0.2, 0.25) is 0 Å². The van der Waals surface area contributed by atoms with E-state index in [1.54, 1.807) is 15.9 Å². The van der Waals surface area contributed by atoms with Crippen LogP contribution < -0.4 is 5.56 Å². The summed E-state index contributed by atoms with van der Waals surface area (Å²) in [5.74, 6) is -0.157. The van der Waals surface area contributed by atoms with Crippen LogP contribution in [0.1, 0.15) is 29.4 Å². The largest absolute Gasteiger partial charge is 0.335 e. The molecule has 1 aliphatic rings. The summed E-state index contributed by atoms with van der Waals surface area (Å²) in [6.07, 6.45) is 5.04. The third-order valence-electron chi connectivity index (χ3n) is 3.67. The summed E-state index contributed by atoms with van der Waals surface area (Å²) in [5.41, 5.74) is 0.0574. The number of likely N-dealkylation sites (tertiary alicyclic amines) is 1. The number of hydrogen-bond acceptors (Lipinski definition) is 5. The number of hydrogen-bond donors (Lipinski definition) is 0. The molecule has 1 saturated heterocycles. The zero-order valence-corrected chi connectivity index (χ0v) is 11.7. The minimum Gasteiger partial charge on any atom is -0.335 e. The molecule has 8 heteroatoms. The van der Waals surface area contributed by atoms with Crippen molar-refractivity contribution in [2.24, 2.45) is 7.05 Å². The molecular weight excluding hydrogens is 272 g/mol. The Balaban J connectivity index is 1.78. The molecule has 0 unspecified atom stereocenters. The first-order valence-electron chi connectivity index (χ1n) is 6.83. The molecule has 0 spiro atoms. The van der Waals surface area contributed by atoms with Crippen molar-refractivity contribution in [3.05, 3.63) is 40.8 Å². The predicted octanol–water partition coefficient (Wildman–Crippen LogP) is -0.151. The summed E-state index contributed by atoms with van der Waals surface area (Å²) in [7, 11) is 1.54. The van der Waals surface area contributed by atoms with Crippen LogP contribution in [0.3, 0.4) is 0 Å². The van der Waals surface area contributed by atoms with Gasteiger partial charge in [-0.25, -0.2) is 14.3 Å². The van der Waals surface area contributed by atoms with Crippen LogP contribution in [0.25, 0.3) is 0 Å². The molecule has 21 heavy (non-hydrogen) atoms. The van der Waals surface area contributed by atoms with Crippen LogP contribution in [0.4, 0.5) is 0 Å². The molecule has 3 heterocycles. The summed E-state index contributed by atoms with van der Waals surface area (Å²) >= 11 is 0. The lowest BCUT2D eigenvalue weighted by atomic mass is 10.1. The maximum absolute atomic E-state index is 12.5. The van der Waals surface area contributed by atoms with Crippen molar-refractivity contribution < 1.29 is 4.79 Å². The molecule has 0 aliphatic carbocycles. The Bertz CT molecular complexity index is 693. The van der Waals surface area contributed by atoms with Crippen molar-refractivity contribution in [2.45, 2.75) is 18.9 Å². The van der Waals surface area contributed by atoms with E-state index in [1.165, 1.54) is 30.2 Å². The van der Waals surface area contributed by atoms with Gasteiger partial charge in [-0.1, -0.05) is 0 Å². The molecule has 0 bridgehead atoms. The topological polar surface area (TPSA) is 85.9 Å². The van der Waals surface area contributed by atoms with E-state index in [0.717, 1.165) is 12.8 Å². The Morgan fingerprint density at radius 3 is 2.95 bits per heavy atom. The number of carbonyl (C=O) groups is 1. The Hall–Kier alpha value is -2.51. The van der Waals surface area contributed by atoms with Gasteiger partial charge in [-0.3, -0.25) is 9.59 Å². The molecule has 1 fully saturated rings. The average molecular weight is 288 g/mol. The highest BCUT2D eigenvalue weighted by Crippen LogP contribution is 2.21. The zero-order chi connectivity index (χ0) is 14.8. The highest BCUT2D eigenvalue weighted by Gasteiger charge is 2.26. The number of carbonyl (C=O) groups excluding carboxylic acids is 1. The van der Waals surface area contributed by atoms with E-state index in [1.807, 2.05) is 0 Å². The van der Waals surface area contributed by atoms with Gasteiger partial charge in [0.2, 0.25) is 0 Å². The first-order chi connectivity index (χ1) is 10.1. The van der Waals surface area contributed by atoms with Gasteiger partial charge < -0.3 is 4.90 Å². The van der Waals surface area contributed by atoms with Gasteiger partial charge in [-0.15, -0.1) is 0 Å². The van der Waals surface area contributed by atoms with Crippen molar-refractivity contribution in [3.8, 4) is 0 Å². The second kappa shape index (κ2) is 5.47. The molecule has 2 aromatic heterocycles. The molecule has 0 aromatic carbocycles. The maximum Gasteiger partial charge on any atom is 0.274 e. The second-order valence-corrected chi connectivity index (χ2v) is 5.10. The molecule has 1 atom stereocenters. The van der Waals surface area contributed by atoms with Crippen molar-refractivity contribution in [2.75, 3.05) is 13.1 Å². The highest BCUT2D eigenvalue weighted by molar-refractivity contribution is 5.92. The normalized spacial score (nSPS) is 18.7. The number of nitrogens with zero attached hydrogens (tertiary/aromatic N) is 6. The van der Waals surface area contributed by atoms with Crippen LogP contribution in [0, 0.1) is 0 Å². The van der Waals surface area contributed by atoms with E-state index >= 15 is 0 Å². The number of rotatable bonds is 2. The van der Waals surface area contributed by atoms with Crippen molar-refractivity contribution in [3.63, 3.8) is 0 Å². The van der Waals surface area contributed by atoms with Crippen molar-refractivity contribution in [1.29, 1.82) is 0 Å². The van der Waals surface area contributed by atoms with E-state index in [2.05, 4.69) is 15.2 Å².